The number of benzene rings is 1. The predicted molar refractivity (Wildman–Crippen MR) is 94.3 cm³/mol. The molecule has 1 fully saturated rings. The van der Waals surface area contributed by atoms with Gasteiger partial charge in [0, 0.05) is 7.05 Å². The maximum absolute atomic E-state index is 12.0. The molecule has 0 aromatic heterocycles. The summed E-state index contributed by atoms with van der Waals surface area (Å²) in [5.74, 6) is 1.31. The van der Waals surface area contributed by atoms with Gasteiger partial charge in [-0.05, 0) is 30.2 Å². The highest BCUT2D eigenvalue weighted by Crippen LogP contribution is 2.34. The third kappa shape index (κ3) is 3.81. The number of likely N-dealkylation sites (N-methyl/N-ethyl adjacent to an activating group) is 1. The van der Waals surface area contributed by atoms with Gasteiger partial charge in [-0.15, -0.1) is 0 Å². The van der Waals surface area contributed by atoms with Crippen LogP contribution in [0.4, 0.5) is 0 Å². The van der Waals surface area contributed by atoms with Gasteiger partial charge in [-0.25, -0.2) is 0 Å². The minimum absolute atomic E-state index is 0.0720. The summed E-state index contributed by atoms with van der Waals surface area (Å²) in [6, 6.07) is 5.64. The van der Waals surface area contributed by atoms with Crippen LogP contribution in [0.2, 0.25) is 0 Å². The van der Waals surface area contributed by atoms with Gasteiger partial charge in [-0.2, -0.15) is 0 Å². The van der Waals surface area contributed by atoms with E-state index in [-0.39, 0.29) is 5.91 Å². The van der Waals surface area contributed by atoms with Crippen molar-refractivity contribution >= 4 is 40.3 Å². The van der Waals surface area contributed by atoms with Gasteiger partial charge < -0.3 is 9.47 Å². The molecule has 0 spiro atoms. The first-order valence-corrected chi connectivity index (χ1v) is 8.31. The van der Waals surface area contributed by atoms with Crippen molar-refractivity contribution in [1.29, 1.82) is 0 Å². The highest BCUT2D eigenvalue weighted by Gasteiger charge is 2.28. The number of hydrogen-bond donors (Lipinski definition) is 0. The third-order valence-electron chi connectivity index (χ3n) is 3.23. The zero-order valence-electron chi connectivity index (χ0n) is 12.9. The Bertz CT molecular complexity index is 613. The van der Waals surface area contributed by atoms with E-state index in [1.54, 1.807) is 14.2 Å². The van der Waals surface area contributed by atoms with E-state index in [9.17, 15) is 4.79 Å². The molecular weight excluding hydrogens is 318 g/mol. The summed E-state index contributed by atoms with van der Waals surface area (Å²) < 4.78 is 11.6. The van der Waals surface area contributed by atoms with Crippen LogP contribution in [0.5, 0.6) is 11.5 Å². The first-order valence-electron chi connectivity index (χ1n) is 7.09. The van der Waals surface area contributed by atoms with Crippen LogP contribution in [0, 0.1) is 0 Å². The summed E-state index contributed by atoms with van der Waals surface area (Å²) in [4.78, 5) is 14.1. The smallest absolute Gasteiger partial charge is 0.265 e. The van der Waals surface area contributed by atoms with Crippen LogP contribution in [-0.4, -0.2) is 35.9 Å². The second kappa shape index (κ2) is 7.65. The van der Waals surface area contributed by atoms with Crippen LogP contribution in [-0.2, 0) is 4.79 Å². The molecule has 1 aliphatic heterocycles. The van der Waals surface area contributed by atoms with Crippen LogP contribution in [0.1, 0.15) is 25.3 Å². The van der Waals surface area contributed by atoms with Gasteiger partial charge in [-0.1, -0.05) is 43.4 Å². The minimum atomic E-state index is -0.0720. The molecule has 1 amide bonds. The zero-order chi connectivity index (χ0) is 16.1. The second-order valence-electron chi connectivity index (χ2n) is 4.85. The Morgan fingerprint density at radius 1 is 1.36 bits per heavy atom. The highest BCUT2D eigenvalue weighted by molar-refractivity contribution is 8.26. The molecule has 0 radical (unpaired) electrons. The van der Waals surface area contributed by atoms with E-state index < -0.39 is 0 Å². The van der Waals surface area contributed by atoms with Gasteiger partial charge in [-0.3, -0.25) is 9.69 Å². The lowest BCUT2D eigenvalue weighted by Crippen LogP contribution is -2.22. The standard InChI is InChI=1S/C16H19NO3S2/c1-4-5-8-20-12-7-6-11(9-13(12)19-3)10-14-15(18)17(2)16(21)22-14/h6-7,9-10H,4-5,8H2,1-3H3/b14-10+. The van der Waals surface area contributed by atoms with Crippen LogP contribution in [0.3, 0.4) is 0 Å². The van der Waals surface area contributed by atoms with Crippen molar-refractivity contribution in [3.05, 3.63) is 28.7 Å². The number of unbranched alkanes of at least 4 members (excludes halogenated alkanes) is 1. The van der Waals surface area contributed by atoms with Crippen molar-refractivity contribution in [3.63, 3.8) is 0 Å². The summed E-state index contributed by atoms with van der Waals surface area (Å²) in [5.41, 5.74) is 0.883. The quantitative estimate of drug-likeness (QED) is 0.449. The number of amides is 1. The van der Waals surface area contributed by atoms with Crippen molar-refractivity contribution < 1.29 is 14.3 Å². The maximum Gasteiger partial charge on any atom is 0.265 e. The van der Waals surface area contributed by atoms with Crippen molar-refractivity contribution in [2.45, 2.75) is 19.8 Å². The van der Waals surface area contributed by atoms with E-state index in [0.29, 0.717) is 21.6 Å². The molecule has 4 nitrogen and oxygen atoms in total. The fraction of sp³-hybridized carbons (Fsp3) is 0.375. The summed E-state index contributed by atoms with van der Waals surface area (Å²) in [7, 11) is 3.29. The molecule has 0 atom stereocenters. The molecule has 1 saturated heterocycles. The first-order chi connectivity index (χ1) is 10.6. The number of thioether (sulfide) groups is 1. The molecule has 0 N–H and O–H groups in total. The fourth-order valence-corrected chi connectivity index (χ4v) is 3.10. The molecule has 2 rings (SSSR count). The average Bonchev–Trinajstić information content (AvgIpc) is 2.76. The Hall–Kier alpha value is -1.53. The van der Waals surface area contributed by atoms with Gasteiger partial charge in [0.05, 0.1) is 18.6 Å². The number of ether oxygens (including phenoxy) is 2. The molecule has 1 heterocycles. The van der Waals surface area contributed by atoms with E-state index in [1.165, 1.54) is 16.7 Å². The molecule has 1 aromatic carbocycles. The van der Waals surface area contributed by atoms with E-state index >= 15 is 0 Å². The number of carbonyl (C=O) groups is 1. The first kappa shape index (κ1) is 16.8. The Morgan fingerprint density at radius 2 is 2.14 bits per heavy atom. The zero-order valence-corrected chi connectivity index (χ0v) is 14.6. The number of thiocarbonyl (C=S) groups is 1. The lowest BCUT2D eigenvalue weighted by molar-refractivity contribution is -0.121. The predicted octanol–water partition coefficient (Wildman–Crippen LogP) is 3.71. The van der Waals surface area contributed by atoms with Crippen molar-refractivity contribution in [2.24, 2.45) is 0 Å². The third-order valence-corrected chi connectivity index (χ3v) is 4.71. The fourth-order valence-electron chi connectivity index (χ4n) is 1.92. The lowest BCUT2D eigenvalue weighted by atomic mass is 10.2. The van der Waals surface area contributed by atoms with Gasteiger partial charge >= 0.3 is 0 Å². The van der Waals surface area contributed by atoms with Crippen LogP contribution in [0.15, 0.2) is 23.1 Å². The van der Waals surface area contributed by atoms with Crippen LogP contribution >= 0.6 is 24.0 Å². The van der Waals surface area contributed by atoms with Gasteiger partial charge in [0.15, 0.2) is 11.5 Å². The Balaban J connectivity index is 2.19. The van der Waals surface area contributed by atoms with Crippen LogP contribution in [0.25, 0.3) is 6.08 Å². The van der Waals surface area contributed by atoms with Crippen molar-refractivity contribution in [2.75, 3.05) is 20.8 Å². The van der Waals surface area contributed by atoms with Gasteiger partial charge in [0.1, 0.15) is 4.32 Å². The van der Waals surface area contributed by atoms with Crippen LogP contribution < -0.4 is 9.47 Å². The molecule has 22 heavy (non-hydrogen) atoms. The van der Waals surface area contributed by atoms with E-state index in [0.717, 1.165) is 24.2 Å². The lowest BCUT2D eigenvalue weighted by Gasteiger charge is -2.11. The minimum Gasteiger partial charge on any atom is -0.493 e. The molecule has 0 saturated carbocycles. The van der Waals surface area contributed by atoms with Crippen molar-refractivity contribution in [1.82, 2.24) is 4.90 Å². The molecule has 1 aliphatic rings. The number of methoxy groups -OCH3 is 1. The molecule has 0 bridgehead atoms. The monoisotopic (exact) mass is 337 g/mol. The Morgan fingerprint density at radius 3 is 2.73 bits per heavy atom. The number of carbonyl (C=O) groups excluding carboxylic acids is 1. The van der Waals surface area contributed by atoms with E-state index in [4.69, 9.17) is 21.7 Å². The largest absolute Gasteiger partial charge is 0.493 e. The molecule has 0 aliphatic carbocycles. The summed E-state index contributed by atoms with van der Waals surface area (Å²) >= 11 is 6.43. The van der Waals surface area contributed by atoms with E-state index in [2.05, 4.69) is 6.92 Å². The molecule has 6 heteroatoms. The summed E-state index contributed by atoms with van der Waals surface area (Å²) in [6.45, 7) is 2.79. The molecule has 118 valence electrons. The topological polar surface area (TPSA) is 38.8 Å². The van der Waals surface area contributed by atoms with E-state index in [1.807, 2.05) is 24.3 Å². The second-order valence-corrected chi connectivity index (χ2v) is 6.53. The average molecular weight is 337 g/mol. The highest BCUT2D eigenvalue weighted by atomic mass is 32.2. The summed E-state index contributed by atoms with van der Waals surface area (Å²) in [5, 5.41) is 0. The number of rotatable bonds is 6. The molecule has 0 unspecified atom stereocenters. The summed E-state index contributed by atoms with van der Waals surface area (Å²) in [6.07, 6.45) is 3.91. The normalized spacial score (nSPS) is 16.5. The Labute approximate surface area is 140 Å². The SMILES string of the molecule is CCCCOc1ccc(/C=C2/SC(=S)N(C)C2=O)cc1OC. The maximum atomic E-state index is 12.0. The molecule has 1 aromatic rings. The number of hydrogen-bond acceptors (Lipinski definition) is 5. The van der Waals surface area contributed by atoms with Gasteiger partial charge in [0.25, 0.3) is 5.91 Å². The van der Waals surface area contributed by atoms with Gasteiger partial charge in [0.2, 0.25) is 0 Å². The Kier molecular flexibility index (Phi) is 5.85. The van der Waals surface area contributed by atoms with Crippen molar-refractivity contribution in [3.8, 4) is 11.5 Å². The number of nitrogens with zero attached hydrogens (tertiary/aromatic N) is 1. The molecular formula is C16H19NO3S2.